The Kier molecular flexibility index (Phi) is 6.85. The Morgan fingerprint density at radius 3 is 2.63 bits per heavy atom. The first-order valence-electron chi connectivity index (χ1n) is 7.05. The highest BCUT2D eigenvalue weighted by Crippen LogP contribution is 2.07. The van der Waals surface area contributed by atoms with Crippen LogP contribution in [0, 0.1) is 6.92 Å². The zero-order valence-corrected chi connectivity index (χ0v) is 12.1. The Morgan fingerprint density at radius 2 is 1.95 bits per heavy atom. The van der Waals surface area contributed by atoms with E-state index < -0.39 is 0 Å². The highest BCUT2D eigenvalue weighted by Gasteiger charge is 2.09. The van der Waals surface area contributed by atoms with Gasteiger partial charge in [-0.2, -0.15) is 0 Å². The van der Waals surface area contributed by atoms with Crippen LogP contribution in [-0.4, -0.2) is 29.0 Å². The number of rotatable bonds is 8. The second-order valence-corrected chi connectivity index (χ2v) is 4.58. The molecule has 1 aromatic heterocycles. The minimum Gasteiger partial charge on any atom is -0.370 e. The number of nitrogens with one attached hydrogen (secondary N) is 2. The molecule has 1 amide bonds. The first-order chi connectivity index (χ1) is 9.17. The van der Waals surface area contributed by atoms with Gasteiger partial charge in [-0.3, -0.25) is 4.79 Å². The number of hydrogen-bond acceptors (Lipinski definition) is 4. The minimum atomic E-state index is -0.135. The van der Waals surface area contributed by atoms with Gasteiger partial charge in [-0.05, 0) is 19.8 Å². The average molecular weight is 264 g/mol. The van der Waals surface area contributed by atoms with Crippen LogP contribution in [0.4, 0.5) is 5.82 Å². The number of aryl methyl sites for hydroxylation is 1. The van der Waals surface area contributed by atoms with E-state index in [1.807, 2.05) is 6.92 Å². The van der Waals surface area contributed by atoms with E-state index in [1.165, 1.54) is 12.8 Å². The summed E-state index contributed by atoms with van der Waals surface area (Å²) in [5, 5.41) is 6.06. The number of amides is 1. The van der Waals surface area contributed by atoms with E-state index in [0.717, 1.165) is 25.2 Å². The predicted octanol–water partition coefficient (Wildman–Crippen LogP) is 2.53. The van der Waals surface area contributed by atoms with Crippen molar-refractivity contribution in [3.05, 3.63) is 17.6 Å². The second kappa shape index (κ2) is 8.45. The summed E-state index contributed by atoms with van der Waals surface area (Å²) in [7, 11) is 0. The molecule has 0 spiro atoms. The summed E-state index contributed by atoms with van der Waals surface area (Å²) in [5.41, 5.74) is 0.430. The molecular formula is C14H24N4O. The van der Waals surface area contributed by atoms with Crippen LogP contribution in [0.25, 0.3) is 0 Å². The SMILES string of the molecule is CCCCCNc1cc(C(=O)NCCC)nc(C)n1. The number of carbonyl (C=O) groups is 1. The molecule has 106 valence electrons. The third-order valence-corrected chi connectivity index (χ3v) is 2.69. The van der Waals surface area contributed by atoms with E-state index >= 15 is 0 Å². The molecule has 1 heterocycles. The monoisotopic (exact) mass is 264 g/mol. The second-order valence-electron chi connectivity index (χ2n) is 4.58. The summed E-state index contributed by atoms with van der Waals surface area (Å²) in [6, 6.07) is 1.71. The number of anilines is 1. The summed E-state index contributed by atoms with van der Waals surface area (Å²) in [6.07, 6.45) is 4.41. The maximum atomic E-state index is 11.9. The molecule has 0 aliphatic carbocycles. The molecule has 1 aromatic rings. The maximum absolute atomic E-state index is 11.9. The zero-order chi connectivity index (χ0) is 14.1. The maximum Gasteiger partial charge on any atom is 0.270 e. The standard InChI is InChI=1S/C14H24N4O/c1-4-6-7-9-15-13-10-12(17-11(3)18-13)14(19)16-8-5-2/h10H,4-9H2,1-3H3,(H,16,19)(H,15,17,18). The molecule has 5 heteroatoms. The van der Waals surface area contributed by atoms with Gasteiger partial charge in [0.25, 0.3) is 5.91 Å². The number of hydrogen-bond donors (Lipinski definition) is 2. The van der Waals surface area contributed by atoms with Crippen LogP contribution in [0.3, 0.4) is 0 Å². The van der Waals surface area contributed by atoms with Crippen LogP contribution in [0.2, 0.25) is 0 Å². The number of carbonyl (C=O) groups excluding carboxylic acids is 1. The van der Waals surface area contributed by atoms with Gasteiger partial charge in [0.05, 0.1) is 0 Å². The summed E-state index contributed by atoms with van der Waals surface area (Å²) < 4.78 is 0. The number of nitrogens with zero attached hydrogens (tertiary/aromatic N) is 2. The predicted molar refractivity (Wildman–Crippen MR) is 77.4 cm³/mol. The lowest BCUT2D eigenvalue weighted by molar-refractivity contribution is 0.0948. The quantitative estimate of drug-likeness (QED) is 0.708. The fraction of sp³-hybridized carbons (Fsp3) is 0.643. The Labute approximate surface area is 115 Å². The van der Waals surface area contributed by atoms with Crippen LogP contribution in [0.5, 0.6) is 0 Å². The Hall–Kier alpha value is -1.65. The molecule has 19 heavy (non-hydrogen) atoms. The van der Waals surface area contributed by atoms with Gasteiger partial charge in [0.2, 0.25) is 0 Å². The van der Waals surface area contributed by atoms with Gasteiger partial charge in [-0.15, -0.1) is 0 Å². The molecule has 0 aliphatic heterocycles. The minimum absolute atomic E-state index is 0.135. The molecule has 1 rings (SSSR count). The molecular weight excluding hydrogens is 240 g/mol. The van der Waals surface area contributed by atoms with E-state index in [1.54, 1.807) is 13.0 Å². The molecule has 0 saturated carbocycles. The fourth-order valence-corrected chi connectivity index (χ4v) is 1.70. The lowest BCUT2D eigenvalue weighted by Gasteiger charge is -2.08. The molecule has 0 saturated heterocycles. The van der Waals surface area contributed by atoms with E-state index in [-0.39, 0.29) is 5.91 Å². The molecule has 5 nitrogen and oxygen atoms in total. The molecule has 0 aliphatic rings. The molecule has 0 atom stereocenters. The first-order valence-corrected chi connectivity index (χ1v) is 7.05. The van der Waals surface area contributed by atoms with Crippen molar-refractivity contribution >= 4 is 11.7 Å². The molecule has 0 bridgehead atoms. The summed E-state index contributed by atoms with van der Waals surface area (Å²) in [5.74, 6) is 1.20. The lowest BCUT2D eigenvalue weighted by atomic mass is 10.2. The van der Waals surface area contributed by atoms with Crippen molar-refractivity contribution in [2.24, 2.45) is 0 Å². The van der Waals surface area contributed by atoms with Crippen LogP contribution >= 0.6 is 0 Å². The largest absolute Gasteiger partial charge is 0.370 e. The smallest absolute Gasteiger partial charge is 0.270 e. The Balaban J connectivity index is 2.62. The van der Waals surface area contributed by atoms with Crippen molar-refractivity contribution < 1.29 is 4.79 Å². The van der Waals surface area contributed by atoms with Gasteiger partial charge >= 0.3 is 0 Å². The highest BCUT2D eigenvalue weighted by molar-refractivity contribution is 5.92. The van der Waals surface area contributed by atoms with Crippen molar-refractivity contribution in [1.29, 1.82) is 0 Å². The van der Waals surface area contributed by atoms with Crippen molar-refractivity contribution in [2.45, 2.75) is 46.5 Å². The average Bonchev–Trinajstić information content (AvgIpc) is 2.40. The summed E-state index contributed by atoms with van der Waals surface area (Å²) in [4.78, 5) is 20.3. The van der Waals surface area contributed by atoms with E-state index in [0.29, 0.717) is 18.1 Å². The number of unbranched alkanes of at least 4 members (excludes halogenated alkanes) is 2. The van der Waals surface area contributed by atoms with E-state index in [2.05, 4.69) is 27.5 Å². The molecule has 0 radical (unpaired) electrons. The normalized spacial score (nSPS) is 10.3. The third-order valence-electron chi connectivity index (χ3n) is 2.69. The fourth-order valence-electron chi connectivity index (χ4n) is 1.70. The van der Waals surface area contributed by atoms with Crippen molar-refractivity contribution in [1.82, 2.24) is 15.3 Å². The van der Waals surface area contributed by atoms with Crippen molar-refractivity contribution in [2.75, 3.05) is 18.4 Å². The molecule has 0 aromatic carbocycles. The topological polar surface area (TPSA) is 66.9 Å². The van der Waals surface area contributed by atoms with Crippen LogP contribution in [-0.2, 0) is 0 Å². The van der Waals surface area contributed by atoms with Gasteiger partial charge in [0, 0.05) is 19.2 Å². The van der Waals surface area contributed by atoms with Crippen molar-refractivity contribution in [3.63, 3.8) is 0 Å². The Bertz CT molecular complexity index is 406. The van der Waals surface area contributed by atoms with Gasteiger partial charge in [-0.25, -0.2) is 9.97 Å². The van der Waals surface area contributed by atoms with E-state index in [9.17, 15) is 4.79 Å². The van der Waals surface area contributed by atoms with Gasteiger partial charge in [0.1, 0.15) is 17.3 Å². The van der Waals surface area contributed by atoms with Crippen LogP contribution in [0.15, 0.2) is 6.07 Å². The van der Waals surface area contributed by atoms with Crippen LogP contribution < -0.4 is 10.6 Å². The summed E-state index contributed by atoms with van der Waals surface area (Å²) >= 11 is 0. The number of aromatic nitrogens is 2. The van der Waals surface area contributed by atoms with Gasteiger partial charge in [-0.1, -0.05) is 26.7 Å². The summed E-state index contributed by atoms with van der Waals surface area (Å²) in [6.45, 7) is 7.53. The van der Waals surface area contributed by atoms with Gasteiger partial charge < -0.3 is 10.6 Å². The van der Waals surface area contributed by atoms with Crippen LogP contribution in [0.1, 0.15) is 55.8 Å². The molecule has 0 fully saturated rings. The Morgan fingerprint density at radius 1 is 1.16 bits per heavy atom. The van der Waals surface area contributed by atoms with Gasteiger partial charge in [0.15, 0.2) is 0 Å². The zero-order valence-electron chi connectivity index (χ0n) is 12.1. The van der Waals surface area contributed by atoms with E-state index in [4.69, 9.17) is 0 Å². The lowest BCUT2D eigenvalue weighted by Crippen LogP contribution is -2.25. The third kappa shape index (κ3) is 5.68. The molecule has 0 unspecified atom stereocenters. The first kappa shape index (κ1) is 15.4. The van der Waals surface area contributed by atoms with Crippen molar-refractivity contribution in [3.8, 4) is 0 Å². The molecule has 2 N–H and O–H groups in total. The highest BCUT2D eigenvalue weighted by atomic mass is 16.1.